The molecular weight excluding hydrogens is 274 g/mol. The van der Waals surface area contributed by atoms with E-state index in [4.69, 9.17) is 9.84 Å². The van der Waals surface area contributed by atoms with Crippen LogP contribution in [0.25, 0.3) is 0 Å². The Morgan fingerprint density at radius 3 is 2.19 bits per heavy atom. The first-order valence-electron chi connectivity index (χ1n) is 7.69. The van der Waals surface area contributed by atoms with E-state index in [0.717, 1.165) is 0 Å². The van der Waals surface area contributed by atoms with Crippen molar-refractivity contribution in [1.82, 2.24) is 4.90 Å². The molecule has 0 bridgehead atoms. The molecule has 2 aliphatic rings. The Kier molecular flexibility index (Phi) is 5.22. The minimum absolute atomic E-state index is 0.0266. The topological polar surface area (TPSA) is 87.1 Å². The predicted octanol–water partition coefficient (Wildman–Crippen LogP) is 0.877. The summed E-state index contributed by atoms with van der Waals surface area (Å²) in [6.45, 7) is 1.39. The van der Waals surface area contributed by atoms with Crippen molar-refractivity contribution in [3.8, 4) is 0 Å². The van der Waals surface area contributed by atoms with E-state index in [9.17, 15) is 14.7 Å². The van der Waals surface area contributed by atoms with E-state index in [0.29, 0.717) is 58.3 Å². The molecular formula is C15H25NO5. The molecule has 0 atom stereocenters. The second-order valence-electron chi connectivity index (χ2n) is 6.42. The van der Waals surface area contributed by atoms with Gasteiger partial charge in [0.15, 0.2) is 0 Å². The zero-order valence-corrected chi connectivity index (χ0v) is 12.6. The molecule has 2 N–H and O–H groups in total. The lowest BCUT2D eigenvalue weighted by Crippen LogP contribution is -2.49. The van der Waals surface area contributed by atoms with Crippen LogP contribution < -0.4 is 0 Å². The fraction of sp³-hybridized carbons (Fsp3) is 0.867. The minimum Gasteiger partial charge on any atom is -0.481 e. The van der Waals surface area contributed by atoms with Gasteiger partial charge in [0.05, 0.1) is 11.5 Å². The predicted molar refractivity (Wildman–Crippen MR) is 75.7 cm³/mol. The van der Waals surface area contributed by atoms with Crippen molar-refractivity contribution in [2.45, 2.75) is 44.1 Å². The first-order valence-corrected chi connectivity index (χ1v) is 7.69. The van der Waals surface area contributed by atoms with Crippen molar-refractivity contribution in [2.24, 2.45) is 11.8 Å². The number of carbonyl (C=O) groups excluding carboxylic acids is 1. The molecule has 6 heteroatoms. The highest BCUT2D eigenvalue weighted by Gasteiger charge is 2.35. The third-order valence-corrected chi connectivity index (χ3v) is 4.76. The van der Waals surface area contributed by atoms with Crippen LogP contribution in [0.15, 0.2) is 0 Å². The van der Waals surface area contributed by atoms with E-state index in [-0.39, 0.29) is 17.7 Å². The zero-order chi connectivity index (χ0) is 15.5. The van der Waals surface area contributed by atoms with Gasteiger partial charge in [-0.2, -0.15) is 0 Å². The number of carboxylic acid groups (broad SMARTS) is 1. The highest BCUT2D eigenvalue weighted by Crippen LogP contribution is 2.31. The van der Waals surface area contributed by atoms with E-state index in [1.807, 2.05) is 0 Å². The maximum absolute atomic E-state index is 12.4. The number of hydrogen-bond donors (Lipinski definition) is 2. The van der Waals surface area contributed by atoms with Crippen LogP contribution in [0.4, 0.5) is 0 Å². The quantitative estimate of drug-likeness (QED) is 0.804. The molecule has 120 valence electrons. The molecule has 0 aromatic heterocycles. The van der Waals surface area contributed by atoms with Crippen LogP contribution in [0.5, 0.6) is 0 Å². The molecule has 0 aromatic carbocycles. The van der Waals surface area contributed by atoms with Gasteiger partial charge in [0, 0.05) is 45.6 Å². The summed E-state index contributed by atoms with van der Waals surface area (Å²) >= 11 is 0. The van der Waals surface area contributed by atoms with Crippen molar-refractivity contribution in [1.29, 1.82) is 0 Å². The Bertz CT molecular complexity index is 384. The van der Waals surface area contributed by atoms with E-state index in [1.54, 1.807) is 11.9 Å². The molecule has 0 unspecified atom stereocenters. The number of rotatable bonds is 4. The molecule has 0 radical (unpaired) electrons. The molecule has 6 nitrogen and oxygen atoms in total. The molecule has 2 fully saturated rings. The summed E-state index contributed by atoms with van der Waals surface area (Å²) in [4.78, 5) is 25.0. The van der Waals surface area contributed by atoms with Crippen LogP contribution in [0.2, 0.25) is 0 Å². The maximum Gasteiger partial charge on any atom is 0.306 e. The average Bonchev–Trinajstić information content (AvgIpc) is 2.46. The van der Waals surface area contributed by atoms with Crippen molar-refractivity contribution in [2.75, 3.05) is 26.8 Å². The average molecular weight is 299 g/mol. The van der Waals surface area contributed by atoms with Crippen LogP contribution in [-0.2, 0) is 14.3 Å². The first-order chi connectivity index (χ1) is 9.91. The number of carboxylic acids is 1. The standard InChI is InChI=1S/C15H25NO5/c1-16(10-15(20)6-8-21-9-7-15)13(17)11-2-4-12(5-3-11)14(18)19/h11-12,20H,2-10H2,1H3,(H,18,19). The summed E-state index contributed by atoms with van der Waals surface area (Å²) in [5.41, 5.74) is -0.846. The fourth-order valence-electron chi connectivity index (χ4n) is 3.33. The molecule has 1 heterocycles. The smallest absolute Gasteiger partial charge is 0.306 e. The third kappa shape index (κ3) is 4.17. The molecule has 0 spiro atoms. The maximum atomic E-state index is 12.4. The van der Waals surface area contributed by atoms with Crippen molar-refractivity contribution >= 4 is 11.9 Å². The van der Waals surface area contributed by atoms with Gasteiger partial charge >= 0.3 is 5.97 Å². The van der Waals surface area contributed by atoms with Crippen molar-refractivity contribution < 1.29 is 24.5 Å². The first kappa shape index (κ1) is 16.2. The Morgan fingerprint density at radius 1 is 1.14 bits per heavy atom. The Labute approximate surface area is 125 Å². The van der Waals surface area contributed by atoms with Gasteiger partial charge in [-0.05, 0) is 25.7 Å². The number of amides is 1. The van der Waals surface area contributed by atoms with E-state index >= 15 is 0 Å². The Hall–Kier alpha value is -1.14. The lowest BCUT2D eigenvalue weighted by molar-refractivity contribution is -0.147. The molecule has 1 saturated carbocycles. The Morgan fingerprint density at radius 2 is 1.67 bits per heavy atom. The van der Waals surface area contributed by atoms with Crippen molar-refractivity contribution in [3.05, 3.63) is 0 Å². The number of carbonyl (C=O) groups is 2. The van der Waals surface area contributed by atoms with Gasteiger partial charge in [0.1, 0.15) is 0 Å². The van der Waals surface area contributed by atoms with E-state index in [1.165, 1.54) is 0 Å². The van der Waals surface area contributed by atoms with Gasteiger partial charge < -0.3 is 19.8 Å². The highest BCUT2D eigenvalue weighted by molar-refractivity contribution is 5.79. The lowest BCUT2D eigenvalue weighted by atomic mass is 9.81. The van der Waals surface area contributed by atoms with Crippen molar-refractivity contribution in [3.63, 3.8) is 0 Å². The summed E-state index contributed by atoms with van der Waals surface area (Å²) in [7, 11) is 1.72. The summed E-state index contributed by atoms with van der Waals surface area (Å²) < 4.78 is 5.24. The Balaban J connectivity index is 1.84. The number of nitrogens with zero attached hydrogens (tertiary/aromatic N) is 1. The molecule has 0 aromatic rings. The minimum atomic E-state index is -0.846. The molecule has 21 heavy (non-hydrogen) atoms. The highest BCUT2D eigenvalue weighted by atomic mass is 16.5. The van der Waals surface area contributed by atoms with Crippen LogP contribution in [0.3, 0.4) is 0 Å². The monoisotopic (exact) mass is 299 g/mol. The van der Waals surface area contributed by atoms with Gasteiger partial charge in [-0.3, -0.25) is 9.59 Å². The number of aliphatic carboxylic acids is 1. The van der Waals surface area contributed by atoms with Crippen LogP contribution in [0, 0.1) is 11.8 Å². The number of aliphatic hydroxyl groups is 1. The van der Waals surface area contributed by atoms with Gasteiger partial charge in [-0.1, -0.05) is 0 Å². The second kappa shape index (κ2) is 6.75. The summed E-state index contributed by atoms with van der Waals surface area (Å²) in [6, 6.07) is 0. The lowest BCUT2D eigenvalue weighted by Gasteiger charge is -2.37. The summed E-state index contributed by atoms with van der Waals surface area (Å²) in [5.74, 6) is -1.14. The van der Waals surface area contributed by atoms with E-state index in [2.05, 4.69) is 0 Å². The van der Waals surface area contributed by atoms with Gasteiger partial charge in [-0.15, -0.1) is 0 Å². The SMILES string of the molecule is CN(CC1(O)CCOCC1)C(=O)C1CCC(C(=O)O)CC1. The molecule has 1 amide bonds. The number of ether oxygens (including phenoxy) is 1. The number of hydrogen-bond acceptors (Lipinski definition) is 4. The van der Waals surface area contributed by atoms with Gasteiger partial charge in [0.25, 0.3) is 0 Å². The molecule has 2 rings (SSSR count). The zero-order valence-electron chi connectivity index (χ0n) is 12.6. The van der Waals surface area contributed by atoms with Crippen LogP contribution in [0.1, 0.15) is 38.5 Å². The number of likely N-dealkylation sites (N-methyl/N-ethyl adjacent to an activating group) is 1. The molecule has 1 saturated heterocycles. The van der Waals surface area contributed by atoms with Gasteiger partial charge in [0.2, 0.25) is 5.91 Å². The summed E-state index contributed by atoms with van der Waals surface area (Å²) in [5, 5.41) is 19.4. The van der Waals surface area contributed by atoms with E-state index < -0.39 is 11.6 Å². The fourth-order valence-corrected chi connectivity index (χ4v) is 3.33. The third-order valence-electron chi connectivity index (χ3n) is 4.76. The molecule has 1 aliphatic carbocycles. The second-order valence-corrected chi connectivity index (χ2v) is 6.42. The largest absolute Gasteiger partial charge is 0.481 e. The molecule has 1 aliphatic heterocycles. The van der Waals surface area contributed by atoms with Gasteiger partial charge in [-0.25, -0.2) is 0 Å². The van der Waals surface area contributed by atoms with Crippen LogP contribution in [-0.4, -0.2) is 59.4 Å². The van der Waals surface area contributed by atoms with Crippen LogP contribution >= 0.6 is 0 Å². The normalized spacial score (nSPS) is 28.9. The summed E-state index contributed by atoms with van der Waals surface area (Å²) in [6.07, 6.45) is 3.49.